The van der Waals surface area contributed by atoms with Gasteiger partial charge in [-0.1, -0.05) is 19.4 Å². The summed E-state index contributed by atoms with van der Waals surface area (Å²) in [6, 6.07) is 6.29. The summed E-state index contributed by atoms with van der Waals surface area (Å²) in [6.45, 7) is 4.46. The topological polar surface area (TPSA) is 113 Å². The minimum Gasteiger partial charge on any atom is -0.508 e. The van der Waals surface area contributed by atoms with Crippen molar-refractivity contribution in [3.05, 3.63) is 47.7 Å². The van der Waals surface area contributed by atoms with Crippen LogP contribution in [0.15, 0.2) is 30.5 Å². The average Bonchev–Trinajstić information content (AvgIpc) is 3.33. The van der Waals surface area contributed by atoms with Crippen LogP contribution in [0, 0.1) is 17.0 Å². The van der Waals surface area contributed by atoms with Crippen molar-refractivity contribution in [1.82, 2.24) is 20.3 Å². The molecule has 3 aliphatic rings. The number of phenolic OH excluding ortho intramolecular Hbond substituents is 1. The van der Waals surface area contributed by atoms with E-state index in [-0.39, 0.29) is 47.1 Å². The number of aromatic nitrogens is 3. The van der Waals surface area contributed by atoms with Gasteiger partial charge in [-0.2, -0.15) is 9.97 Å². The Morgan fingerprint density at radius 2 is 2.05 bits per heavy atom. The van der Waals surface area contributed by atoms with Crippen LogP contribution in [0.5, 0.6) is 11.8 Å². The highest BCUT2D eigenvalue weighted by molar-refractivity contribution is 6.01. The highest BCUT2D eigenvalue weighted by Gasteiger charge is 2.45. The number of piperidine rings is 1. The Hall–Kier alpha value is -3.67. The number of hydrogen-bond donors (Lipinski definition) is 3. The van der Waals surface area contributed by atoms with E-state index in [1.54, 1.807) is 6.07 Å². The third-order valence-corrected chi connectivity index (χ3v) is 9.59. The number of nitrogens with one attached hydrogen (secondary N) is 1. The van der Waals surface area contributed by atoms with E-state index in [0.717, 1.165) is 38.6 Å². The van der Waals surface area contributed by atoms with E-state index in [1.807, 2.05) is 11.8 Å². The first-order valence-corrected chi connectivity index (χ1v) is 15.5. The number of aliphatic hydroxyl groups excluding tert-OH is 1. The molecule has 3 unspecified atom stereocenters. The summed E-state index contributed by atoms with van der Waals surface area (Å²) < 4.78 is 43.6. The Morgan fingerprint density at radius 3 is 2.91 bits per heavy atom. The Morgan fingerprint density at radius 1 is 1.18 bits per heavy atom. The molecule has 4 aromatic rings. The van der Waals surface area contributed by atoms with Crippen LogP contribution < -0.4 is 15.0 Å². The predicted molar refractivity (Wildman–Crippen MR) is 163 cm³/mol. The van der Waals surface area contributed by atoms with Gasteiger partial charge in [-0.25, -0.2) is 8.78 Å². The number of benzene rings is 2. The fourth-order valence-corrected chi connectivity index (χ4v) is 7.46. The Kier molecular flexibility index (Phi) is 7.72. The number of pyridine rings is 1. The molecule has 3 fully saturated rings. The zero-order valence-electron chi connectivity index (χ0n) is 24.8. The summed E-state index contributed by atoms with van der Waals surface area (Å²) in [5.41, 5.74) is 0.614. The van der Waals surface area contributed by atoms with Crippen LogP contribution in [0.2, 0.25) is 0 Å². The normalized spacial score (nSPS) is 24.0. The summed E-state index contributed by atoms with van der Waals surface area (Å²) >= 11 is 0. The van der Waals surface area contributed by atoms with Crippen LogP contribution in [0.4, 0.5) is 14.6 Å². The van der Waals surface area contributed by atoms with Crippen molar-refractivity contribution in [3.8, 4) is 23.0 Å². The molecule has 7 rings (SSSR count). The Labute approximate surface area is 254 Å². The lowest BCUT2D eigenvalue weighted by Gasteiger charge is -2.39. The van der Waals surface area contributed by atoms with Crippen molar-refractivity contribution >= 4 is 27.5 Å². The maximum absolute atomic E-state index is 16.8. The van der Waals surface area contributed by atoms with Gasteiger partial charge in [0.15, 0.2) is 5.82 Å². The highest BCUT2D eigenvalue weighted by Crippen LogP contribution is 2.45. The molecule has 3 N–H and O–H groups in total. The smallest absolute Gasteiger partial charge is 0.319 e. The standard InChI is InChI=1S/C33H37F2N5O4/c1-2-22-25(34)7-6-19-13-20(41)14-23(27(19)22)29-28(35)30-24(15-37-29)31(40-11-12-43-17-21(42)16-40)39-32(38-30)44-18-33-8-3-5-26(33)36-10-4-9-33/h6-7,13-15,21,26,36,41-42H,2-5,8-12,16-18H2,1H3. The van der Waals surface area contributed by atoms with Crippen molar-refractivity contribution in [2.24, 2.45) is 5.41 Å². The summed E-state index contributed by atoms with van der Waals surface area (Å²) in [4.78, 5) is 15.7. The molecule has 0 bridgehead atoms. The SMILES string of the molecule is CCc1c(F)ccc2cc(O)cc(-c3ncc4c(N5CCOCC(O)C5)nc(OCC56CCCNC5CCC6)nc4c3F)c12. The second-order valence-electron chi connectivity index (χ2n) is 12.3. The van der Waals surface area contributed by atoms with Gasteiger partial charge < -0.3 is 29.9 Å². The van der Waals surface area contributed by atoms with Crippen molar-refractivity contribution in [2.45, 2.75) is 57.6 Å². The highest BCUT2D eigenvalue weighted by atomic mass is 19.1. The van der Waals surface area contributed by atoms with E-state index in [9.17, 15) is 14.6 Å². The molecule has 0 amide bonds. The quantitative estimate of drug-likeness (QED) is 0.283. The van der Waals surface area contributed by atoms with Crippen molar-refractivity contribution in [3.63, 3.8) is 0 Å². The summed E-state index contributed by atoms with van der Waals surface area (Å²) in [7, 11) is 0. The number of anilines is 1. The number of fused-ring (bicyclic) bond motifs is 3. The molecule has 0 radical (unpaired) electrons. The number of phenols is 1. The van der Waals surface area contributed by atoms with Gasteiger partial charge in [0.1, 0.15) is 28.6 Å². The number of aryl methyl sites for hydroxylation is 1. The Bertz CT molecular complexity index is 1720. The Balaban J connectivity index is 1.38. The monoisotopic (exact) mass is 605 g/mol. The summed E-state index contributed by atoms with van der Waals surface area (Å²) in [5, 5.41) is 26.1. The zero-order chi connectivity index (χ0) is 30.4. The molecule has 232 valence electrons. The van der Waals surface area contributed by atoms with Crippen molar-refractivity contribution in [2.75, 3.05) is 44.4 Å². The van der Waals surface area contributed by atoms with Crippen LogP contribution in [0.1, 0.15) is 44.6 Å². The van der Waals surface area contributed by atoms with E-state index in [4.69, 9.17) is 14.5 Å². The number of aromatic hydroxyl groups is 1. The summed E-state index contributed by atoms with van der Waals surface area (Å²) in [6.07, 6.45) is 6.50. The lowest BCUT2D eigenvalue weighted by atomic mass is 9.76. The van der Waals surface area contributed by atoms with Crippen molar-refractivity contribution < 1.29 is 28.5 Å². The van der Waals surface area contributed by atoms with Crippen LogP contribution in [-0.4, -0.2) is 76.8 Å². The first kappa shape index (κ1) is 29.1. The molecular formula is C33H37F2N5O4. The number of ether oxygens (including phenoxy) is 2. The number of β-amino-alcohol motifs (C(OH)–C–C–N with tert-alkyl or cyclic N) is 1. The largest absolute Gasteiger partial charge is 0.508 e. The number of hydrogen-bond acceptors (Lipinski definition) is 9. The molecule has 9 nitrogen and oxygen atoms in total. The van der Waals surface area contributed by atoms with Gasteiger partial charge in [-0.05, 0) is 73.2 Å². The lowest BCUT2D eigenvalue weighted by Crippen LogP contribution is -2.49. The van der Waals surface area contributed by atoms with Gasteiger partial charge in [0.25, 0.3) is 0 Å². The molecule has 44 heavy (non-hydrogen) atoms. The van der Waals surface area contributed by atoms with Gasteiger partial charge in [0.2, 0.25) is 0 Å². The van der Waals surface area contributed by atoms with Crippen LogP contribution in [0.3, 0.4) is 0 Å². The fraction of sp³-hybridized carbons (Fsp3) is 0.485. The van der Waals surface area contributed by atoms with Gasteiger partial charge in [0, 0.05) is 36.3 Å². The second kappa shape index (κ2) is 11.7. The number of halogens is 2. The first-order chi connectivity index (χ1) is 21.4. The lowest BCUT2D eigenvalue weighted by molar-refractivity contribution is 0.0597. The molecule has 2 aliphatic heterocycles. The molecule has 11 heteroatoms. The minimum atomic E-state index is -0.753. The maximum Gasteiger partial charge on any atom is 0.319 e. The van der Waals surface area contributed by atoms with Gasteiger partial charge in [0.05, 0.1) is 31.3 Å². The molecule has 0 spiro atoms. The molecule has 4 heterocycles. The van der Waals surface area contributed by atoms with Gasteiger partial charge in [-0.15, -0.1) is 0 Å². The van der Waals surface area contributed by atoms with E-state index < -0.39 is 17.7 Å². The molecule has 2 aromatic heterocycles. The maximum atomic E-state index is 16.8. The molecule has 1 saturated carbocycles. The number of nitrogens with zero attached hydrogens (tertiary/aromatic N) is 4. The minimum absolute atomic E-state index is 0.00263. The zero-order valence-corrected chi connectivity index (χ0v) is 24.8. The van der Waals surface area contributed by atoms with Gasteiger partial charge in [-0.3, -0.25) is 4.98 Å². The van der Waals surface area contributed by atoms with Crippen LogP contribution in [0.25, 0.3) is 32.9 Å². The van der Waals surface area contributed by atoms with Crippen molar-refractivity contribution in [1.29, 1.82) is 0 Å². The third-order valence-electron chi connectivity index (χ3n) is 9.59. The molecular weight excluding hydrogens is 568 g/mol. The van der Waals surface area contributed by atoms with E-state index >= 15 is 4.39 Å². The third kappa shape index (κ3) is 5.10. The molecule has 1 aliphatic carbocycles. The second-order valence-corrected chi connectivity index (χ2v) is 12.3. The van der Waals surface area contributed by atoms with Gasteiger partial charge >= 0.3 is 6.01 Å². The van der Waals surface area contributed by atoms with Crippen LogP contribution >= 0.6 is 0 Å². The molecule has 3 atom stereocenters. The average molecular weight is 606 g/mol. The number of rotatable bonds is 6. The molecule has 2 aromatic carbocycles. The number of aliphatic hydroxyl groups is 1. The van der Waals surface area contributed by atoms with E-state index in [0.29, 0.717) is 59.8 Å². The first-order valence-electron chi connectivity index (χ1n) is 15.5. The molecule has 2 saturated heterocycles. The predicted octanol–water partition coefficient (Wildman–Crippen LogP) is 4.89. The van der Waals surface area contributed by atoms with Crippen LogP contribution in [-0.2, 0) is 11.2 Å². The van der Waals surface area contributed by atoms with E-state index in [2.05, 4.69) is 15.3 Å². The summed E-state index contributed by atoms with van der Waals surface area (Å²) in [5.74, 6) is -0.815. The van der Waals surface area contributed by atoms with E-state index in [1.165, 1.54) is 24.4 Å². The fourth-order valence-electron chi connectivity index (χ4n) is 7.46.